The van der Waals surface area contributed by atoms with Crippen LogP contribution in [0.15, 0.2) is 42.5 Å². The molecule has 0 radical (unpaired) electrons. The minimum atomic E-state index is -0.546. The Morgan fingerprint density at radius 1 is 1.06 bits per heavy atom. The van der Waals surface area contributed by atoms with E-state index in [1.165, 1.54) is 29.2 Å². The number of para-hydroxylation sites is 1. The van der Waals surface area contributed by atoms with Crippen molar-refractivity contribution < 1.29 is 18.4 Å². The fraction of sp³-hybridized carbons (Fsp3) is 0.417. The fourth-order valence-electron chi connectivity index (χ4n) is 4.36. The van der Waals surface area contributed by atoms with Crippen LogP contribution < -0.4 is 15.1 Å². The van der Waals surface area contributed by atoms with Gasteiger partial charge in [0.15, 0.2) is 0 Å². The molecule has 1 unspecified atom stereocenters. The number of carbonyl (C=O) groups excluding carboxylic acids is 2. The first kappa shape index (κ1) is 23.4. The van der Waals surface area contributed by atoms with Crippen molar-refractivity contribution >= 4 is 34.8 Å². The van der Waals surface area contributed by atoms with Gasteiger partial charge in [-0.3, -0.25) is 14.5 Å². The van der Waals surface area contributed by atoms with Gasteiger partial charge < -0.3 is 15.1 Å². The maximum atomic E-state index is 14.0. The predicted octanol–water partition coefficient (Wildman–Crippen LogP) is 3.30. The van der Waals surface area contributed by atoms with Crippen LogP contribution in [0.25, 0.3) is 0 Å². The van der Waals surface area contributed by atoms with Gasteiger partial charge in [0.2, 0.25) is 11.8 Å². The molecule has 2 aromatic carbocycles. The third-order valence-electron chi connectivity index (χ3n) is 6.23. The zero-order valence-corrected chi connectivity index (χ0v) is 19.0. The lowest BCUT2D eigenvalue weighted by atomic mass is 10.1. The summed E-state index contributed by atoms with van der Waals surface area (Å²) in [4.78, 5) is 30.7. The number of rotatable bonds is 7. The molecule has 0 saturated carbocycles. The predicted molar refractivity (Wildman–Crippen MR) is 125 cm³/mol. The molecule has 176 valence electrons. The summed E-state index contributed by atoms with van der Waals surface area (Å²) in [6, 6.07) is 10.9. The van der Waals surface area contributed by atoms with Gasteiger partial charge in [-0.1, -0.05) is 23.7 Å². The lowest BCUT2D eigenvalue weighted by molar-refractivity contribution is -0.126. The number of benzene rings is 2. The third-order valence-corrected chi connectivity index (χ3v) is 6.52. The second-order valence-corrected chi connectivity index (χ2v) is 8.84. The minimum absolute atomic E-state index is 0.0528. The molecule has 4 rings (SSSR count). The first-order chi connectivity index (χ1) is 15.9. The van der Waals surface area contributed by atoms with Crippen molar-refractivity contribution in [3.8, 4) is 0 Å². The number of hydrogen-bond donors (Lipinski definition) is 1. The standard InChI is InChI=1S/C24H27ClF2N4O2/c25-19-15-18(6-7-20(19)26)31-16-17(14-23(31)32)24(33)28-8-3-9-29-10-12-30(13-11-29)22-5-2-1-4-21(22)27/h1-2,4-7,15,17H,3,8-14,16H2,(H,28,33). The Labute approximate surface area is 197 Å². The van der Waals surface area contributed by atoms with Crippen molar-refractivity contribution in [3.05, 3.63) is 59.1 Å². The Kier molecular flexibility index (Phi) is 7.45. The van der Waals surface area contributed by atoms with Crippen LogP contribution in [-0.4, -0.2) is 62.5 Å². The molecule has 2 saturated heterocycles. The third kappa shape index (κ3) is 5.62. The molecule has 0 bridgehead atoms. The second-order valence-electron chi connectivity index (χ2n) is 8.43. The van der Waals surface area contributed by atoms with Crippen LogP contribution in [0.4, 0.5) is 20.2 Å². The highest BCUT2D eigenvalue weighted by molar-refractivity contribution is 6.31. The highest BCUT2D eigenvalue weighted by atomic mass is 35.5. The normalized spacial score (nSPS) is 19.2. The molecule has 2 amide bonds. The Morgan fingerprint density at radius 3 is 2.55 bits per heavy atom. The average Bonchev–Trinajstić information content (AvgIpc) is 3.21. The smallest absolute Gasteiger partial charge is 0.227 e. The number of amides is 2. The number of piperazine rings is 1. The summed E-state index contributed by atoms with van der Waals surface area (Å²) in [5, 5.41) is 2.88. The van der Waals surface area contributed by atoms with Gasteiger partial charge in [0.1, 0.15) is 11.6 Å². The van der Waals surface area contributed by atoms with E-state index < -0.39 is 11.7 Å². The summed E-state index contributed by atoms with van der Waals surface area (Å²) in [6.07, 6.45) is 0.919. The van der Waals surface area contributed by atoms with E-state index in [2.05, 4.69) is 15.1 Å². The van der Waals surface area contributed by atoms with Gasteiger partial charge in [0.05, 0.1) is 16.6 Å². The Bertz CT molecular complexity index is 1010. The van der Waals surface area contributed by atoms with Crippen LogP contribution in [0.3, 0.4) is 0 Å². The zero-order valence-electron chi connectivity index (χ0n) is 18.3. The van der Waals surface area contributed by atoms with E-state index in [0.717, 1.165) is 39.1 Å². The Balaban J connectivity index is 1.17. The molecule has 2 aliphatic rings. The van der Waals surface area contributed by atoms with E-state index in [4.69, 9.17) is 11.6 Å². The van der Waals surface area contributed by atoms with Crippen LogP contribution in [0, 0.1) is 17.6 Å². The highest BCUT2D eigenvalue weighted by Crippen LogP contribution is 2.28. The molecule has 1 N–H and O–H groups in total. The van der Waals surface area contributed by atoms with Crippen molar-refractivity contribution in [2.45, 2.75) is 12.8 Å². The Morgan fingerprint density at radius 2 is 1.82 bits per heavy atom. The number of nitrogens with zero attached hydrogens (tertiary/aromatic N) is 3. The van der Waals surface area contributed by atoms with E-state index in [-0.39, 0.29) is 35.6 Å². The zero-order chi connectivity index (χ0) is 23.4. The lowest BCUT2D eigenvalue weighted by Gasteiger charge is -2.36. The topological polar surface area (TPSA) is 55.9 Å². The first-order valence-corrected chi connectivity index (χ1v) is 11.5. The van der Waals surface area contributed by atoms with Gasteiger partial charge in [0.25, 0.3) is 0 Å². The molecule has 9 heteroatoms. The highest BCUT2D eigenvalue weighted by Gasteiger charge is 2.35. The summed E-state index contributed by atoms with van der Waals surface area (Å²) in [5.74, 6) is -1.50. The molecule has 6 nitrogen and oxygen atoms in total. The number of anilines is 2. The summed E-state index contributed by atoms with van der Waals surface area (Å²) < 4.78 is 27.3. The lowest BCUT2D eigenvalue weighted by Crippen LogP contribution is -2.47. The van der Waals surface area contributed by atoms with Gasteiger partial charge in [-0.2, -0.15) is 0 Å². The van der Waals surface area contributed by atoms with Crippen molar-refractivity contribution in [2.24, 2.45) is 5.92 Å². The molecule has 33 heavy (non-hydrogen) atoms. The SMILES string of the molecule is O=C(NCCCN1CCN(c2ccccc2F)CC1)C1CC(=O)N(c2ccc(F)c(Cl)c2)C1. The number of hydrogen-bond acceptors (Lipinski definition) is 4. The monoisotopic (exact) mass is 476 g/mol. The van der Waals surface area contributed by atoms with Crippen LogP contribution in [0.2, 0.25) is 5.02 Å². The molecule has 0 aromatic heterocycles. The summed E-state index contributed by atoms with van der Waals surface area (Å²) in [7, 11) is 0. The number of nitrogens with one attached hydrogen (secondary N) is 1. The van der Waals surface area contributed by atoms with Crippen molar-refractivity contribution in [2.75, 3.05) is 55.6 Å². The number of carbonyl (C=O) groups is 2. The molecule has 2 aromatic rings. The second kappa shape index (κ2) is 10.5. The largest absolute Gasteiger partial charge is 0.367 e. The van der Waals surface area contributed by atoms with Gasteiger partial charge in [-0.15, -0.1) is 0 Å². The molecule has 2 aliphatic heterocycles. The molecule has 1 atom stereocenters. The van der Waals surface area contributed by atoms with E-state index in [1.54, 1.807) is 12.1 Å². The summed E-state index contributed by atoms with van der Waals surface area (Å²) in [6.45, 7) is 4.84. The van der Waals surface area contributed by atoms with Gasteiger partial charge in [-0.25, -0.2) is 8.78 Å². The van der Waals surface area contributed by atoms with Gasteiger partial charge in [0, 0.05) is 51.4 Å². The van der Waals surface area contributed by atoms with Crippen molar-refractivity contribution in [1.82, 2.24) is 10.2 Å². The fourth-order valence-corrected chi connectivity index (χ4v) is 4.54. The minimum Gasteiger partial charge on any atom is -0.367 e. The molecule has 2 fully saturated rings. The van der Waals surface area contributed by atoms with Gasteiger partial charge in [-0.05, 0) is 43.3 Å². The van der Waals surface area contributed by atoms with E-state index in [0.29, 0.717) is 17.9 Å². The van der Waals surface area contributed by atoms with Gasteiger partial charge >= 0.3 is 0 Å². The molecule has 0 aliphatic carbocycles. The van der Waals surface area contributed by atoms with Crippen molar-refractivity contribution in [3.63, 3.8) is 0 Å². The maximum absolute atomic E-state index is 14.0. The summed E-state index contributed by atoms with van der Waals surface area (Å²) >= 11 is 5.82. The molecule has 0 spiro atoms. The Hall–Kier alpha value is -2.71. The van der Waals surface area contributed by atoms with E-state index in [9.17, 15) is 18.4 Å². The summed E-state index contributed by atoms with van der Waals surface area (Å²) in [5.41, 5.74) is 1.14. The molecular weight excluding hydrogens is 450 g/mol. The molecular formula is C24H27ClF2N4O2. The quantitative estimate of drug-likeness (QED) is 0.623. The number of halogens is 3. The van der Waals surface area contributed by atoms with Crippen LogP contribution in [0.1, 0.15) is 12.8 Å². The van der Waals surface area contributed by atoms with E-state index in [1.807, 2.05) is 6.07 Å². The van der Waals surface area contributed by atoms with E-state index >= 15 is 0 Å². The maximum Gasteiger partial charge on any atom is 0.227 e. The average molecular weight is 477 g/mol. The van der Waals surface area contributed by atoms with Crippen LogP contribution in [0.5, 0.6) is 0 Å². The molecule has 2 heterocycles. The van der Waals surface area contributed by atoms with Crippen LogP contribution >= 0.6 is 11.6 Å². The first-order valence-electron chi connectivity index (χ1n) is 11.2. The van der Waals surface area contributed by atoms with Crippen molar-refractivity contribution in [1.29, 1.82) is 0 Å². The van der Waals surface area contributed by atoms with Crippen LogP contribution in [-0.2, 0) is 9.59 Å².